The molecule has 0 aliphatic heterocycles. The average Bonchev–Trinajstić information content (AvgIpc) is 3.77. The molecule has 17 N–H and O–H groups in total. The van der Waals surface area contributed by atoms with Crippen LogP contribution in [0.3, 0.4) is 0 Å². The van der Waals surface area contributed by atoms with E-state index in [2.05, 4.69) is 47.2 Å². The second-order valence-corrected chi connectivity index (χ2v) is 17.6. The van der Waals surface area contributed by atoms with E-state index in [1.165, 1.54) is 47.1 Å². The van der Waals surface area contributed by atoms with Gasteiger partial charge in [-0.3, -0.25) is 52.7 Å². The zero-order valence-corrected chi connectivity index (χ0v) is 40.0. The molecule has 0 aromatic carbocycles. The Kier molecular flexibility index (Phi) is 25.7. The first-order chi connectivity index (χ1) is 32.6. The first-order valence-electron chi connectivity index (χ1n) is 22.3. The molecule has 0 saturated heterocycles. The minimum atomic E-state index is -1.87. The van der Waals surface area contributed by atoms with Gasteiger partial charge in [-0.25, -0.2) is 9.78 Å². The van der Waals surface area contributed by atoms with Crippen LogP contribution in [0.1, 0.15) is 92.7 Å². The number of nitrogens with zero attached hydrogens (tertiary/aromatic N) is 1. The Labute approximate surface area is 402 Å². The maximum absolute atomic E-state index is 13.9. The lowest BCUT2D eigenvalue weighted by molar-refractivity contribution is -0.143. The normalized spacial score (nSPS) is 15.0. The van der Waals surface area contributed by atoms with Gasteiger partial charge in [0.1, 0.15) is 48.3 Å². The lowest BCUT2D eigenvalue weighted by atomic mass is 9.99. The van der Waals surface area contributed by atoms with Gasteiger partial charge in [-0.1, -0.05) is 41.5 Å². The number of nitrogens with two attached hydrogens (primary N) is 2. The van der Waals surface area contributed by atoms with Crippen molar-refractivity contribution in [3.8, 4) is 0 Å². The lowest BCUT2D eigenvalue weighted by Gasteiger charge is -2.29. The Morgan fingerprint density at radius 2 is 1.03 bits per heavy atom. The smallest absolute Gasteiger partial charge is 0.328 e. The number of nitrogens with one attached hydrogen (secondary N) is 9. The summed E-state index contributed by atoms with van der Waals surface area (Å²) in [4.78, 5) is 161. The van der Waals surface area contributed by atoms with Gasteiger partial charge in [0.15, 0.2) is 0 Å². The molecule has 1 aromatic rings. The molecule has 0 bridgehead atoms. The van der Waals surface area contributed by atoms with Gasteiger partial charge in [-0.15, -0.1) is 0 Å². The summed E-state index contributed by atoms with van der Waals surface area (Å²) < 4.78 is 0. The Morgan fingerprint density at radius 1 is 0.571 bits per heavy atom. The minimum Gasteiger partial charge on any atom is -0.481 e. The number of carboxylic acids is 3. The molecule has 0 unspecified atom stereocenters. The maximum atomic E-state index is 13.9. The fraction of sp³-hybridized carbons (Fsp3) is 0.643. The molecule has 70 heavy (non-hydrogen) atoms. The van der Waals surface area contributed by atoms with Gasteiger partial charge in [0.2, 0.25) is 53.2 Å². The molecular weight excluding hydrogens is 929 g/mol. The van der Waals surface area contributed by atoms with Crippen molar-refractivity contribution in [2.24, 2.45) is 29.2 Å². The van der Waals surface area contributed by atoms with Crippen LogP contribution in [0.15, 0.2) is 12.5 Å². The van der Waals surface area contributed by atoms with Gasteiger partial charge < -0.3 is 79.4 Å². The molecule has 1 rings (SSSR count). The highest BCUT2D eigenvalue weighted by Crippen LogP contribution is 2.11. The van der Waals surface area contributed by atoms with E-state index in [9.17, 15) is 72.9 Å². The molecule has 0 aliphatic carbocycles. The number of H-pyrrole nitrogens is 1. The highest BCUT2D eigenvalue weighted by Gasteiger charge is 2.36. The quantitative estimate of drug-likeness (QED) is 0.0322. The number of carbonyl (C=O) groups excluding carboxylic acids is 9. The third-order valence-electron chi connectivity index (χ3n) is 10.3. The lowest BCUT2D eigenvalue weighted by Crippen LogP contribution is -2.61. The zero-order valence-electron chi connectivity index (χ0n) is 40.0. The van der Waals surface area contributed by atoms with Crippen molar-refractivity contribution in [1.29, 1.82) is 0 Å². The second kappa shape index (κ2) is 29.6. The molecule has 0 aliphatic rings. The van der Waals surface area contributed by atoms with Crippen LogP contribution in [0.5, 0.6) is 0 Å². The number of hydrogen-bond acceptors (Lipinski definition) is 15. The molecule has 9 atom stereocenters. The fourth-order valence-corrected chi connectivity index (χ4v) is 6.42. The summed E-state index contributed by atoms with van der Waals surface area (Å²) in [6.45, 7) is 9.67. The van der Waals surface area contributed by atoms with E-state index >= 15 is 0 Å². The number of imidazole rings is 1. The molecule has 9 amide bonds. The summed E-state index contributed by atoms with van der Waals surface area (Å²) in [5.41, 5.74) is 11.9. The van der Waals surface area contributed by atoms with Crippen molar-refractivity contribution in [2.75, 3.05) is 6.61 Å². The molecular formula is C42H68N12O16. The van der Waals surface area contributed by atoms with Gasteiger partial charge in [0.05, 0.1) is 25.4 Å². The number of carbonyl (C=O) groups is 12. The number of aliphatic hydroxyl groups excluding tert-OH is 1. The number of rotatable bonds is 32. The van der Waals surface area contributed by atoms with Crippen molar-refractivity contribution >= 4 is 71.1 Å². The van der Waals surface area contributed by atoms with Gasteiger partial charge in [0.25, 0.3) is 0 Å². The first kappa shape index (κ1) is 60.8. The molecule has 0 saturated carbocycles. The van der Waals surface area contributed by atoms with Crippen LogP contribution in [-0.2, 0) is 64.0 Å². The van der Waals surface area contributed by atoms with Gasteiger partial charge in [-0.2, -0.15) is 0 Å². The van der Waals surface area contributed by atoms with Crippen molar-refractivity contribution in [3.63, 3.8) is 0 Å². The number of aromatic nitrogens is 2. The van der Waals surface area contributed by atoms with E-state index in [0.29, 0.717) is 5.69 Å². The number of amides is 9. The van der Waals surface area contributed by atoms with Crippen molar-refractivity contribution in [2.45, 2.75) is 148 Å². The second-order valence-electron chi connectivity index (χ2n) is 17.6. The van der Waals surface area contributed by atoms with Crippen LogP contribution in [0.4, 0.5) is 0 Å². The predicted molar refractivity (Wildman–Crippen MR) is 243 cm³/mol. The van der Waals surface area contributed by atoms with E-state index in [1.807, 2.05) is 5.32 Å². The van der Waals surface area contributed by atoms with E-state index in [-0.39, 0.29) is 18.8 Å². The van der Waals surface area contributed by atoms with E-state index in [1.54, 1.807) is 13.8 Å². The van der Waals surface area contributed by atoms with Gasteiger partial charge in [0, 0.05) is 31.2 Å². The highest BCUT2D eigenvalue weighted by molar-refractivity contribution is 5.99. The Morgan fingerprint density at radius 3 is 1.47 bits per heavy atom. The average molecular weight is 997 g/mol. The summed E-state index contributed by atoms with van der Waals surface area (Å²) in [7, 11) is 0. The summed E-state index contributed by atoms with van der Waals surface area (Å²) in [5, 5.41) is 56.1. The topological polar surface area (TPSA) is 463 Å². The van der Waals surface area contributed by atoms with Gasteiger partial charge in [-0.05, 0) is 43.9 Å². The Hall–Kier alpha value is -7.23. The fourth-order valence-electron chi connectivity index (χ4n) is 6.42. The third kappa shape index (κ3) is 21.8. The van der Waals surface area contributed by atoms with Gasteiger partial charge >= 0.3 is 17.9 Å². The molecule has 0 radical (unpaired) electrons. The standard InChI is InChI=1S/C42H68N12O16/c1-18(2)12-26(50-35(62)23(43)13-22-15-45-17-46-22)38(65)51-27(14-31(59)60)39(66)48-24(8-10-29(44)56)36(63)54-33(20(5)6)41(68)49-25(9-11-30(57)58)37(64)53-32(19(3)4)40(67)47-21(7)34(61)52-28(16-55)42(69)70/h15,17-21,23-28,32-33,55H,8-14,16,43H2,1-7H3,(H2,44,56)(H,45,46)(H,47,67)(H,48,66)(H,49,68)(H,50,62)(H,51,65)(H,52,61)(H,53,64)(H,54,63)(H,57,58)(H,59,60)(H,69,70)/t21-,23-,24-,25-,26-,27-,28-,32-,33-/m0/s1. The largest absolute Gasteiger partial charge is 0.481 e. The Balaban J connectivity index is 3.36. The van der Waals surface area contributed by atoms with Crippen LogP contribution in [0, 0.1) is 17.8 Å². The minimum absolute atomic E-state index is 0.0223. The zero-order chi connectivity index (χ0) is 53.6. The van der Waals surface area contributed by atoms with E-state index < -0.39 is 176 Å². The Bertz CT molecular complexity index is 2010. The monoisotopic (exact) mass is 996 g/mol. The van der Waals surface area contributed by atoms with Crippen LogP contribution in [0.25, 0.3) is 0 Å². The molecule has 0 fully saturated rings. The molecule has 28 nitrogen and oxygen atoms in total. The summed E-state index contributed by atoms with van der Waals surface area (Å²) >= 11 is 0. The van der Waals surface area contributed by atoms with E-state index in [4.69, 9.17) is 16.6 Å². The number of primary amides is 1. The van der Waals surface area contributed by atoms with Crippen LogP contribution in [-0.4, -0.2) is 162 Å². The van der Waals surface area contributed by atoms with Crippen LogP contribution < -0.4 is 54.0 Å². The number of aliphatic carboxylic acids is 3. The molecule has 0 spiro atoms. The van der Waals surface area contributed by atoms with E-state index in [0.717, 1.165) is 0 Å². The number of carboxylic acid groups (broad SMARTS) is 3. The molecule has 1 aromatic heterocycles. The summed E-state index contributed by atoms with van der Waals surface area (Å²) in [6.07, 6.45) is -0.386. The third-order valence-corrected chi connectivity index (χ3v) is 10.3. The number of hydrogen-bond donors (Lipinski definition) is 15. The summed E-state index contributed by atoms with van der Waals surface area (Å²) in [5.74, 6) is -15.2. The molecule has 1 heterocycles. The highest BCUT2D eigenvalue weighted by atomic mass is 16.4. The molecule has 28 heteroatoms. The van der Waals surface area contributed by atoms with Crippen LogP contribution in [0.2, 0.25) is 0 Å². The first-order valence-corrected chi connectivity index (χ1v) is 22.3. The van der Waals surface area contributed by atoms with Crippen molar-refractivity contribution in [3.05, 3.63) is 18.2 Å². The van der Waals surface area contributed by atoms with Crippen molar-refractivity contribution in [1.82, 2.24) is 52.5 Å². The SMILES string of the molecule is CC(C)C[C@H](NC(=O)[C@@H](N)Cc1cnc[nH]1)C(=O)N[C@@H](CC(=O)O)C(=O)N[C@@H](CCC(N)=O)C(=O)N[C@H](C(=O)N[C@@H](CCC(=O)O)C(=O)N[C@H](C(=O)N[C@@H](C)C(=O)N[C@@H](CO)C(=O)O)C(C)C)C(C)C. The van der Waals surface area contributed by atoms with Crippen molar-refractivity contribution < 1.29 is 78.0 Å². The molecule has 392 valence electrons. The summed E-state index contributed by atoms with van der Waals surface area (Å²) in [6, 6.07) is -13.7. The van der Waals surface area contributed by atoms with Crippen LogP contribution >= 0.6 is 0 Å². The number of aromatic amines is 1. The predicted octanol–water partition coefficient (Wildman–Crippen LogP) is -4.78. The maximum Gasteiger partial charge on any atom is 0.328 e. The number of aliphatic hydroxyl groups is 1.